The van der Waals surface area contributed by atoms with E-state index in [0.29, 0.717) is 23.6 Å². The number of halogens is 1. The summed E-state index contributed by atoms with van der Waals surface area (Å²) in [5.74, 6) is -0.412. The van der Waals surface area contributed by atoms with Crippen LogP contribution in [0, 0.1) is 6.42 Å². The molecule has 0 aliphatic heterocycles. The van der Waals surface area contributed by atoms with Gasteiger partial charge in [-0.05, 0) is 41.8 Å². The number of nitrogens with one attached hydrogen (secondary N) is 2. The molecule has 0 bridgehead atoms. The predicted octanol–water partition coefficient (Wildman–Crippen LogP) is 5.33. The zero-order valence-corrected chi connectivity index (χ0v) is 16.5. The number of fused-ring (bicyclic) bond motifs is 1. The SMILES string of the molecule is NC(=O)c1ccccc1C[CH]c1cc2cc(Cl)cc(NCc3ccccc3)c2[nH]1. The van der Waals surface area contributed by atoms with Gasteiger partial charge in [0.1, 0.15) is 0 Å². The molecule has 0 saturated carbocycles. The van der Waals surface area contributed by atoms with Crippen molar-refractivity contribution in [2.24, 2.45) is 5.73 Å². The Kier molecular flexibility index (Phi) is 5.54. The van der Waals surface area contributed by atoms with Crippen LogP contribution < -0.4 is 11.1 Å². The number of aromatic nitrogens is 1. The van der Waals surface area contributed by atoms with E-state index in [9.17, 15) is 4.79 Å². The van der Waals surface area contributed by atoms with E-state index in [1.165, 1.54) is 5.56 Å². The number of carbonyl (C=O) groups is 1. The smallest absolute Gasteiger partial charge is 0.248 e. The monoisotopic (exact) mass is 402 g/mol. The Morgan fingerprint density at radius 2 is 1.79 bits per heavy atom. The van der Waals surface area contributed by atoms with Crippen LogP contribution >= 0.6 is 11.6 Å². The first-order valence-corrected chi connectivity index (χ1v) is 9.79. The van der Waals surface area contributed by atoms with Gasteiger partial charge in [0.05, 0.1) is 11.2 Å². The number of H-pyrrole nitrogens is 1. The largest absolute Gasteiger partial charge is 0.379 e. The molecule has 1 radical (unpaired) electrons. The van der Waals surface area contributed by atoms with Gasteiger partial charge in [0, 0.05) is 34.6 Å². The first-order valence-electron chi connectivity index (χ1n) is 9.41. The second-order valence-electron chi connectivity index (χ2n) is 6.91. The first-order chi connectivity index (χ1) is 14.1. The van der Waals surface area contributed by atoms with E-state index < -0.39 is 5.91 Å². The molecule has 1 amide bonds. The van der Waals surface area contributed by atoms with Crippen LogP contribution in [0.4, 0.5) is 5.69 Å². The predicted molar refractivity (Wildman–Crippen MR) is 119 cm³/mol. The van der Waals surface area contributed by atoms with Gasteiger partial charge in [0.25, 0.3) is 0 Å². The van der Waals surface area contributed by atoms with E-state index in [0.717, 1.165) is 27.8 Å². The molecule has 1 aromatic heterocycles. The highest BCUT2D eigenvalue weighted by atomic mass is 35.5. The molecule has 4 aromatic rings. The minimum Gasteiger partial charge on any atom is -0.379 e. The maximum Gasteiger partial charge on any atom is 0.248 e. The minimum absolute atomic E-state index is 0.412. The Labute approximate surface area is 174 Å². The van der Waals surface area contributed by atoms with Crippen LogP contribution in [0.2, 0.25) is 5.02 Å². The maximum absolute atomic E-state index is 11.6. The van der Waals surface area contributed by atoms with Gasteiger partial charge in [0.15, 0.2) is 0 Å². The van der Waals surface area contributed by atoms with Crippen LogP contribution in [-0.4, -0.2) is 10.9 Å². The summed E-state index contributed by atoms with van der Waals surface area (Å²) in [5.41, 5.74) is 11.0. The Morgan fingerprint density at radius 3 is 2.59 bits per heavy atom. The molecule has 145 valence electrons. The van der Waals surface area contributed by atoms with Crippen molar-refractivity contribution < 1.29 is 4.79 Å². The van der Waals surface area contributed by atoms with Gasteiger partial charge in [-0.3, -0.25) is 4.79 Å². The summed E-state index contributed by atoms with van der Waals surface area (Å²) < 4.78 is 0. The lowest BCUT2D eigenvalue weighted by molar-refractivity contribution is 0.0999. The summed E-state index contributed by atoms with van der Waals surface area (Å²) in [6.07, 6.45) is 2.66. The van der Waals surface area contributed by atoms with Crippen LogP contribution in [0.25, 0.3) is 10.9 Å². The highest BCUT2D eigenvalue weighted by Crippen LogP contribution is 2.29. The van der Waals surface area contributed by atoms with E-state index in [1.54, 1.807) is 6.07 Å². The van der Waals surface area contributed by atoms with Crippen LogP contribution in [0.3, 0.4) is 0 Å². The van der Waals surface area contributed by atoms with Crippen molar-refractivity contribution in [3.8, 4) is 0 Å². The molecule has 0 aliphatic rings. The zero-order valence-electron chi connectivity index (χ0n) is 15.8. The summed E-state index contributed by atoms with van der Waals surface area (Å²) >= 11 is 6.33. The topological polar surface area (TPSA) is 70.9 Å². The number of hydrogen-bond acceptors (Lipinski definition) is 2. The molecule has 3 aromatic carbocycles. The third-order valence-electron chi connectivity index (χ3n) is 4.86. The summed E-state index contributed by atoms with van der Waals surface area (Å²) in [6, 6.07) is 23.5. The van der Waals surface area contributed by atoms with E-state index >= 15 is 0 Å². The number of hydrogen-bond donors (Lipinski definition) is 3. The van der Waals surface area contributed by atoms with E-state index in [4.69, 9.17) is 17.3 Å². The quantitative estimate of drug-likeness (QED) is 0.391. The normalized spacial score (nSPS) is 10.9. The number of primary amides is 1. The van der Waals surface area contributed by atoms with Gasteiger partial charge in [-0.15, -0.1) is 0 Å². The Balaban J connectivity index is 1.55. The van der Waals surface area contributed by atoms with Crippen molar-refractivity contribution >= 4 is 34.1 Å². The van der Waals surface area contributed by atoms with Crippen molar-refractivity contribution in [1.29, 1.82) is 0 Å². The number of nitrogens with two attached hydrogens (primary N) is 1. The third-order valence-corrected chi connectivity index (χ3v) is 5.08. The van der Waals surface area contributed by atoms with Gasteiger partial charge >= 0.3 is 0 Å². The van der Waals surface area contributed by atoms with Gasteiger partial charge in [-0.2, -0.15) is 0 Å². The number of rotatable bonds is 7. The Bertz CT molecular complexity index is 1150. The Hall–Kier alpha value is -3.24. The number of benzene rings is 3. The molecule has 0 atom stereocenters. The van der Waals surface area contributed by atoms with E-state index in [1.807, 2.05) is 48.5 Å². The van der Waals surface area contributed by atoms with Gasteiger partial charge < -0.3 is 16.0 Å². The van der Waals surface area contributed by atoms with E-state index in [2.05, 4.69) is 34.9 Å². The van der Waals surface area contributed by atoms with Crippen LogP contribution in [0.15, 0.2) is 72.8 Å². The lowest BCUT2D eigenvalue weighted by Gasteiger charge is -2.09. The molecule has 0 saturated heterocycles. The van der Waals surface area contributed by atoms with Crippen LogP contribution in [0.1, 0.15) is 27.2 Å². The first kappa shape index (κ1) is 19.1. The molecular formula is C24H21ClN3O. The molecule has 0 unspecified atom stereocenters. The second kappa shape index (κ2) is 8.41. The second-order valence-corrected chi connectivity index (χ2v) is 7.35. The lowest BCUT2D eigenvalue weighted by Crippen LogP contribution is -2.13. The van der Waals surface area contributed by atoms with Crippen molar-refractivity contribution in [2.45, 2.75) is 13.0 Å². The van der Waals surface area contributed by atoms with Gasteiger partial charge in [0.2, 0.25) is 5.91 Å². The molecule has 0 fully saturated rings. The van der Waals surface area contributed by atoms with Crippen molar-refractivity contribution in [3.63, 3.8) is 0 Å². The molecule has 4 rings (SSSR count). The average Bonchev–Trinajstić information content (AvgIpc) is 3.14. The molecule has 4 nitrogen and oxygen atoms in total. The van der Waals surface area contributed by atoms with Gasteiger partial charge in [-0.25, -0.2) is 0 Å². The number of anilines is 1. The number of aromatic amines is 1. The molecule has 4 N–H and O–H groups in total. The fourth-order valence-corrected chi connectivity index (χ4v) is 3.66. The maximum atomic E-state index is 11.6. The van der Waals surface area contributed by atoms with Gasteiger partial charge in [-0.1, -0.05) is 60.1 Å². The Morgan fingerprint density at radius 1 is 1.03 bits per heavy atom. The lowest BCUT2D eigenvalue weighted by atomic mass is 10.0. The molecule has 29 heavy (non-hydrogen) atoms. The van der Waals surface area contributed by atoms with Crippen molar-refractivity contribution in [3.05, 3.63) is 107 Å². The number of amides is 1. The molecule has 0 spiro atoms. The summed E-state index contributed by atoms with van der Waals surface area (Å²) in [5, 5.41) is 5.17. The summed E-state index contributed by atoms with van der Waals surface area (Å²) in [6.45, 7) is 0.709. The van der Waals surface area contributed by atoms with Crippen molar-refractivity contribution in [2.75, 3.05) is 5.32 Å². The van der Waals surface area contributed by atoms with E-state index in [-0.39, 0.29) is 0 Å². The summed E-state index contributed by atoms with van der Waals surface area (Å²) in [7, 11) is 0. The third kappa shape index (κ3) is 4.44. The summed E-state index contributed by atoms with van der Waals surface area (Å²) in [4.78, 5) is 15.1. The highest BCUT2D eigenvalue weighted by molar-refractivity contribution is 6.31. The van der Waals surface area contributed by atoms with Crippen LogP contribution in [-0.2, 0) is 13.0 Å². The highest BCUT2D eigenvalue weighted by Gasteiger charge is 2.11. The molecule has 5 heteroatoms. The fourth-order valence-electron chi connectivity index (χ4n) is 3.43. The fraction of sp³-hybridized carbons (Fsp3) is 0.0833. The van der Waals surface area contributed by atoms with Crippen molar-refractivity contribution in [1.82, 2.24) is 4.98 Å². The molecular weight excluding hydrogens is 382 g/mol. The minimum atomic E-state index is -0.412. The standard InChI is InChI=1S/C24H21ClN3O/c25-19-12-18-13-20(11-10-17-8-4-5-9-21(17)24(26)29)28-23(18)22(14-19)27-15-16-6-2-1-3-7-16/h1-9,11-14,27-28H,10,15H2,(H2,26,29). The van der Waals surface area contributed by atoms with Crippen LogP contribution in [0.5, 0.6) is 0 Å². The average molecular weight is 403 g/mol. The molecule has 0 aliphatic carbocycles. The molecule has 1 heterocycles. The number of carbonyl (C=O) groups excluding carboxylic acids is 1. The zero-order chi connectivity index (χ0) is 20.2.